The van der Waals surface area contributed by atoms with Crippen molar-refractivity contribution < 1.29 is 9.47 Å². The largest absolute Gasteiger partial charge is 0.375 e. The van der Waals surface area contributed by atoms with Gasteiger partial charge < -0.3 is 19.7 Å². The van der Waals surface area contributed by atoms with E-state index in [1.807, 2.05) is 18.8 Å². The number of morpholine rings is 1. The Labute approximate surface area is 120 Å². The second kappa shape index (κ2) is 7.97. The number of thioether (sulfide) groups is 1. The van der Waals surface area contributed by atoms with E-state index in [0.29, 0.717) is 0 Å². The molecule has 110 valence electrons. The molecule has 5 nitrogen and oxygen atoms in total. The summed E-state index contributed by atoms with van der Waals surface area (Å²) < 4.78 is 11.6. The first kappa shape index (κ1) is 14.9. The van der Waals surface area contributed by atoms with Crippen molar-refractivity contribution in [3.8, 4) is 0 Å². The highest BCUT2D eigenvalue weighted by molar-refractivity contribution is 7.98. The molecule has 19 heavy (non-hydrogen) atoms. The maximum atomic E-state index is 5.86. The molecule has 6 heteroatoms. The molecule has 0 aromatic rings. The first-order valence-corrected chi connectivity index (χ1v) is 8.42. The van der Waals surface area contributed by atoms with Crippen LogP contribution >= 0.6 is 11.8 Å². The summed E-state index contributed by atoms with van der Waals surface area (Å²) in [4.78, 5) is 6.66. The molecule has 2 unspecified atom stereocenters. The average molecular weight is 287 g/mol. The Balaban J connectivity index is 1.84. The van der Waals surface area contributed by atoms with Crippen LogP contribution in [0.25, 0.3) is 0 Å². The van der Waals surface area contributed by atoms with Gasteiger partial charge in [0.25, 0.3) is 0 Å². The summed E-state index contributed by atoms with van der Waals surface area (Å²) in [6.45, 7) is 4.38. The summed E-state index contributed by atoms with van der Waals surface area (Å²) in [6, 6.07) is 0. The first-order chi connectivity index (χ1) is 9.35. The third kappa shape index (κ3) is 4.26. The number of nitrogens with zero attached hydrogens (tertiary/aromatic N) is 2. The van der Waals surface area contributed by atoms with Gasteiger partial charge in [-0.1, -0.05) is 0 Å². The number of ether oxygens (including phenoxy) is 2. The van der Waals surface area contributed by atoms with Crippen molar-refractivity contribution in [1.29, 1.82) is 0 Å². The Hall–Kier alpha value is -0.460. The van der Waals surface area contributed by atoms with Gasteiger partial charge >= 0.3 is 0 Å². The summed E-state index contributed by atoms with van der Waals surface area (Å²) >= 11 is 1.84. The van der Waals surface area contributed by atoms with Gasteiger partial charge in [0.05, 0.1) is 12.7 Å². The highest BCUT2D eigenvalue weighted by Crippen LogP contribution is 2.20. The monoisotopic (exact) mass is 287 g/mol. The van der Waals surface area contributed by atoms with Crippen molar-refractivity contribution >= 4 is 17.7 Å². The Bertz CT molecular complexity index is 296. The van der Waals surface area contributed by atoms with Crippen LogP contribution in [0.2, 0.25) is 0 Å². The van der Waals surface area contributed by atoms with Crippen LogP contribution in [0, 0.1) is 0 Å². The number of rotatable bonds is 4. The van der Waals surface area contributed by atoms with E-state index in [-0.39, 0.29) is 12.2 Å². The van der Waals surface area contributed by atoms with Gasteiger partial charge in [-0.05, 0) is 19.1 Å². The molecular weight excluding hydrogens is 262 g/mol. The zero-order valence-electron chi connectivity index (χ0n) is 11.9. The van der Waals surface area contributed by atoms with Gasteiger partial charge in [-0.15, -0.1) is 0 Å². The van der Waals surface area contributed by atoms with Crippen molar-refractivity contribution in [2.24, 2.45) is 4.99 Å². The Morgan fingerprint density at radius 2 is 2.21 bits per heavy atom. The third-order valence-electron chi connectivity index (χ3n) is 3.57. The molecule has 2 atom stereocenters. The predicted molar refractivity (Wildman–Crippen MR) is 80.0 cm³/mol. The van der Waals surface area contributed by atoms with Crippen LogP contribution < -0.4 is 5.32 Å². The van der Waals surface area contributed by atoms with Gasteiger partial charge in [0.15, 0.2) is 5.96 Å². The second-order valence-corrected chi connectivity index (χ2v) is 5.86. The molecule has 2 fully saturated rings. The summed E-state index contributed by atoms with van der Waals surface area (Å²) in [7, 11) is 1.85. The van der Waals surface area contributed by atoms with Crippen LogP contribution in [0.3, 0.4) is 0 Å². The van der Waals surface area contributed by atoms with Gasteiger partial charge in [-0.3, -0.25) is 4.99 Å². The van der Waals surface area contributed by atoms with Crippen molar-refractivity contribution in [2.45, 2.75) is 25.0 Å². The number of hydrogen-bond donors (Lipinski definition) is 1. The first-order valence-electron chi connectivity index (χ1n) is 7.03. The zero-order valence-corrected chi connectivity index (χ0v) is 12.7. The van der Waals surface area contributed by atoms with Crippen molar-refractivity contribution in [3.05, 3.63) is 0 Å². The van der Waals surface area contributed by atoms with E-state index in [9.17, 15) is 0 Å². The molecule has 2 saturated heterocycles. The lowest BCUT2D eigenvalue weighted by atomic mass is 10.1. The molecule has 0 aromatic carbocycles. The van der Waals surface area contributed by atoms with Crippen LogP contribution in [0.5, 0.6) is 0 Å². The number of guanidine groups is 1. The predicted octanol–water partition coefficient (Wildman–Crippen LogP) is 0.805. The van der Waals surface area contributed by atoms with Crippen LogP contribution in [0.4, 0.5) is 0 Å². The highest BCUT2D eigenvalue weighted by Gasteiger charge is 2.32. The van der Waals surface area contributed by atoms with Crippen LogP contribution in [-0.2, 0) is 9.47 Å². The van der Waals surface area contributed by atoms with Gasteiger partial charge in [0, 0.05) is 39.0 Å². The number of hydrogen-bond acceptors (Lipinski definition) is 4. The third-order valence-corrected chi connectivity index (χ3v) is 4.19. The van der Waals surface area contributed by atoms with E-state index in [2.05, 4.69) is 21.5 Å². The lowest BCUT2D eigenvalue weighted by molar-refractivity contribution is -0.0816. The van der Waals surface area contributed by atoms with Gasteiger partial charge in [-0.25, -0.2) is 0 Å². The molecule has 2 aliphatic rings. The molecular formula is C13H25N3O2S. The highest BCUT2D eigenvalue weighted by atomic mass is 32.2. The van der Waals surface area contributed by atoms with Gasteiger partial charge in [0.1, 0.15) is 6.10 Å². The van der Waals surface area contributed by atoms with Gasteiger partial charge in [-0.2, -0.15) is 11.8 Å². The fourth-order valence-electron chi connectivity index (χ4n) is 2.59. The summed E-state index contributed by atoms with van der Waals surface area (Å²) in [5.41, 5.74) is 0. The lowest BCUT2D eigenvalue weighted by Crippen LogP contribution is -2.53. The molecule has 0 aromatic heterocycles. The SMILES string of the molecule is CN=C(NCCSC)N1CCOC(C2CCCO2)C1. The molecule has 0 aliphatic carbocycles. The number of aliphatic imine (C=N–C) groups is 1. The molecule has 0 amide bonds. The standard InChI is InChI=1S/C13H25N3O2S/c1-14-13(15-5-9-19-2)16-6-8-18-12(10-16)11-4-3-7-17-11/h11-12H,3-10H2,1-2H3,(H,14,15). The molecule has 0 bridgehead atoms. The Kier molecular flexibility index (Phi) is 6.26. The minimum atomic E-state index is 0.190. The molecule has 0 spiro atoms. The average Bonchev–Trinajstić information content (AvgIpc) is 2.98. The molecule has 0 saturated carbocycles. The van der Waals surface area contributed by atoms with Gasteiger partial charge in [0.2, 0.25) is 0 Å². The van der Waals surface area contributed by atoms with Crippen LogP contribution in [0.15, 0.2) is 4.99 Å². The van der Waals surface area contributed by atoms with Crippen molar-refractivity contribution in [1.82, 2.24) is 10.2 Å². The summed E-state index contributed by atoms with van der Waals surface area (Å²) in [6.07, 6.45) is 4.86. The maximum absolute atomic E-state index is 5.86. The van der Waals surface area contributed by atoms with E-state index in [1.54, 1.807) is 0 Å². The Morgan fingerprint density at radius 3 is 2.89 bits per heavy atom. The zero-order chi connectivity index (χ0) is 13.5. The molecule has 2 rings (SSSR count). The van der Waals surface area contributed by atoms with Crippen molar-refractivity contribution in [2.75, 3.05) is 51.9 Å². The van der Waals surface area contributed by atoms with Crippen LogP contribution in [0.1, 0.15) is 12.8 Å². The minimum absolute atomic E-state index is 0.190. The Morgan fingerprint density at radius 1 is 1.37 bits per heavy atom. The fourth-order valence-corrected chi connectivity index (χ4v) is 2.89. The lowest BCUT2D eigenvalue weighted by Gasteiger charge is -2.37. The van der Waals surface area contributed by atoms with E-state index < -0.39 is 0 Å². The molecule has 0 radical (unpaired) electrons. The van der Waals surface area contributed by atoms with E-state index in [0.717, 1.165) is 57.4 Å². The maximum Gasteiger partial charge on any atom is 0.193 e. The normalized spacial score (nSPS) is 28.7. The minimum Gasteiger partial charge on any atom is -0.375 e. The topological polar surface area (TPSA) is 46.1 Å². The summed E-state index contributed by atoms with van der Waals surface area (Å²) in [5, 5.41) is 3.41. The molecule has 1 N–H and O–H groups in total. The quantitative estimate of drug-likeness (QED) is 0.471. The molecule has 2 heterocycles. The van der Waals surface area contributed by atoms with E-state index in [1.165, 1.54) is 0 Å². The fraction of sp³-hybridized carbons (Fsp3) is 0.923. The van der Waals surface area contributed by atoms with E-state index >= 15 is 0 Å². The van der Waals surface area contributed by atoms with E-state index in [4.69, 9.17) is 9.47 Å². The smallest absolute Gasteiger partial charge is 0.193 e. The number of nitrogens with one attached hydrogen (secondary N) is 1. The van der Waals surface area contributed by atoms with Crippen molar-refractivity contribution in [3.63, 3.8) is 0 Å². The molecule has 2 aliphatic heterocycles. The summed E-state index contributed by atoms with van der Waals surface area (Å²) in [5.74, 6) is 2.08. The van der Waals surface area contributed by atoms with Crippen LogP contribution in [-0.4, -0.2) is 75.0 Å². The second-order valence-electron chi connectivity index (χ2n) is 4.87.